The van der Waals surface area contributed by atoms with Gasteiger partial charge in [0.25, 0.3) is 5.91 Å². The summed E-state index contributed by atoms with van der Waals surface area (Å²) in [6.07, 6.45) is 0. The number of halogens is 1. The van der Waals surface area contributed by atoms with Gasteiger partial charge in [0.15, 0.2) is 18.1 Å². The highest BCUT2D eigenvalue weighted by molar-refractivity contribution is 9.10. The molecule has 0 radical (unpaired) electrons. The molecular formula is C17H14BrNO5. The van der Waals surface area contributed by atoms with Gasteiger partial charge in [-0.3, -0.25) is 4.79 Å². The van der Waals surface area contributed by atoms with Crippen LogP contribution in [0.25, 0.3) is 0 Å². The van der Waals surface area contributed by atoms with Gasteiger partial charge in [-0.15, -0.1) is 0 Å². The van der Waals surface area contributed by atoms with Crippen LogP contribution in [0.1, 0.15) is 15.9 Å². The third-order valence-corrected chi connectivity index (χ3v) is 3.87. The van der Waals surface area contributed by atoms with Crippen LogP contribution in [-0.4, -0.2) is 25.3 Å². The average Bonchev–Trinajstić information content (AvgIpc) is 3.06. The van der Waals surface area contributed by atoms with E-state index < -0.39 is 5.97 Å². The van der Waals surface area contributed by atoms with Gasteiger partial charge in [0.05, 0.1) is 5.56 Å². The highest BCUT2D eigenvalue weighted by Gasteiger charge is 2.14. The summed E-state index contributed by atoms with van der Waals surface area (Å²) < 4.78 is 16.3. The minimum Gasteiger partial charge on any atom is -0.454 e. The number of rotatable bonds is 5. The molecule has 2 aromatic carbocycles. The van der Waals surface area contributed by atoms with Crippen molar-refractivity contribution in [2.45, 2.75) is 6.54 Å². The zero-order chi connectivity index (χ0) is 16.9. The summed E-state index contributed by atoms with van der Waals surface area (Å²) in [6, 6.07) is 12.1. The van der Waals surface area contributed by atoms with Gasteiger partial charge in [-0.05, 0) is 42.0 Å². The van der Waals surface area contributed by atoms with Crippen molar-refractivity contribution in [3.05, 3.63) is 58.1 Å². The van der Waals surface area contributed by atoms with Gasteiger partial charge in [-0.2, -0.15) is 0 Å². The number of carbonyl (C=O) groups is 2. The van der Waals surface area contributed by atoms with E-state index in [2.05, 4.69) is 21.2 Å². The second-order valence-corrected chi connectivity index (χ2v) is 5.96. The van der Waals surface area contributed by atoms with Crippen molar-refractivity contribution in [2.24, 2.45) is 0 Å². The normalized spacial score (nSPS) is 11.9. The summed E-state index contributed by atoms with van der Waals surface area (Å²) in [6.45, 7) is 0.182. The van der Waals surface area contributed by atoms with E-state index in [1.54, 1.807) is 36.4 Å². The third kappa shape index (κ3) is 4.05. The van der Waals surface area contributed by atoms with Crippen LogP contribution in [0.4, 0.5) is 0 Å². The van der Waals surface area contributed by atoms with Crippen molar-refractivity contribution >= 4 is 27.8 Å². The molecule has 7 heteroatoms. The van der Waals surface area contributed by atoms with Gasteiger partial charge in [-0.1, -0.05) is 22.0 Å². The summed E-state index contributed by atoms with van der Waals surface area (Å²) >= 11 is 3.29. The molecule has 0 saturated carbocycles. The Bertz CT molecular complexity index is 760. The van der Waals surface area contributed by atoms with Crippen LogP contribution in [0.3, 0.4) is 0 Å². The van der Waals surface area contributed by atoms with E-state index in [9.17, 15) is 9.59 Å². The second-order valence-electron chi connectivity index (χ2n) is 5.05. The number of ether oxygens (including phenoxy) is 3. The Kier molecular flexibility index (Phi) is 5.00. The molecule has 0 saturated heterocycles. The van der Waals surface area contributed by atoms with Crippen molar-refractivity contribution in [1.29, 1.82) is 0 Å². The van der Waals surface area contributed by atoms with E-state index in [-0.39, 0.29) is 19.3 Å². The monoisotopic (exact) mass is 391 g/mol. The number of esters is 1. The topological polar surface area (TPSA) is 73.9 Å². The van der Waals surface area contributed by atoms with Crippen LogP contribution in [-0.2, 0) is 16.1 Å². The second kappa shape index (κ2) is 7.35. The molecule has 6 nitrogen and oxygen atoms in total. The molecule has 1 heterocycles. The van der Waals surface area contributed by atoms with Gasteiger partial charge in [0.1, 0.15) is 0 Å². The van der Waals surface area contributed by atoms with Crippen LogP contribution in [0, 0.1) is 0 Å². The first-order valence-electron chi connectivity index (χ1n) is 7.20. The lowest BCUT2D eigenvalue weighted by molar-refractivity contribution is -0.124. The third-order valence-electron chi connectivity index (χ3n) is 3.34. The quantitative estimate of drug-likeness (QED) is 0.793. The van der Waals surface area contributed by atoms with E-state index in [1.807, 2.05) is 6.07 Å². The fourth-order valence-electron chi connectivity index (χ4n) is 2.10. The zero-order valence-electron chi connectivity index (χ0n) is 12.6. The van der Waals surface area contributed by atoms with Crippen molar-refractivity contribution in [3.63, 3.8) is 0 Å². The number of carbonyl (C=O) groups excluding carboxylic acids is 2. The molecule has 2 aromatic rings. The van der Waals surface area contributed by atoms with E-state index in [4.69, 9.17) is 14.2 Å². The first kappa shape index (κ1) is 16.3. The zero-order valence-corrected chi connectivity index (χ0v) is 14.2. The molecular weight excluding hydrogens is 378 g/mol. The molecule has 0 spiro atoms. The van der Waals surface area contributed by atoms with Crippen molar-refractivity contribution in [1.82, 2.24) is 5.32 Å². The van der Waals surface area contributed by atoms with Gasteiger partial charge in [0.2, 0.25) is 6.79 Å². The minimum absolute atomic E-state index is 0.206. The predicted molar refractivity (Wildman–Crippen MR) is 88.8 cm³/mol. The maximum Gasteiger partial charge on any atom is 0.338 e. The molecule has 0 atom stereocenters. The molecule has 1 aliphatic rings. The molecule has 1 amide bonds. The Morgan fingerprint density at radius 1 is 1.08 bits per heavy atom. The van der Waals surface area contributed by atoms with Crippen LogP contribution in [0.2, 0.25) is 0 Å². The summed E-state index contributed by atoms with van der Waals surface area (Å²) in [7, 11) is 0. The van der Waals surface area contributed by atoms with Gasteiger partial charge >= 0.3 is 5.97 Å². The highest BCUT2D eigenvalue weighted by atomic mass is 79.9. The van der Waals surface area contributed by atoms with E-state index in [1.165, 1.54) is 0 Å². The van der Waals surface area contributed by atoms with E-state index >= 15 is 0 Å². The molecule has 1 aliphatic heterocycles. The summed E-state index contributed by atoms with van der Waals surface area (Å²) in [4.78, 5) is 23.6. The molecule has 124 valence electrons. The maximum absolute atomic E-state index is 11.8. The van der Waals surface area contributed by atoms with Crippen molar-refractivity contribution in [3.8, 4) is 11.5 Å². The summed E-state index contributed by atoms with van der Waals surface area (Å²) in [5.41, 5.74) is 1.26. The molecule has 1 N–H and O–H groups in total. The standard InChI is InChI=1S/C17H14BrNO5/c18-13-4-2-12(3-5-13)17(21)22-9-16(20)19-8-11-1-6-14-15(7-11)24-10-23-14/h1-7H,8-10H2,(H,19,20). The lowest BCUT2D eigenvalue weighted by atomic mass is 10.2. The van der Waals surface area contributed by atoms with Crippen LogP contribution >= 0.6 is 15.9 Å². The largest absolute Gasteiger partial charge is 0.454 e. The Hall–Kier alpha value is -2.54. The summed E-state index contributed by atoms with van der Waals surface area (Å²) in [5.74, 6) is 0.427. The first-order valence-corrected chi connectivity index (χ1v) is 7.99. The molecule has 3 rings (SSSR count). The maximum atomic E-state index is 11.8. The highest BCUT2D eigenvalue weighted by Crippen LogP contribution is 2.32. The number of nitrogens with one attached hydrogen (secondary N) is 1. The van der Waals surface area contributed by atoms with Crippen LogP contribution in [0.15, 0.2) is 46.9 Å². The number of fused-ring (bicyclic) bond motifs is 1. The fraction of sp³-hybridized carbons (Fsp3) is 0.176. The Balaban J connectivity index is 1.46. The number of amides is 1. The van der Waals surface area contributed by atoms with Crippen molar-refractivity contribution < 1.29 is 23.8 Å². The molecule has 0 fully saturated rings. The minimum atomic E-state index is -0.541. The lowest BCUT2D eigenvalue weighted by Crippen LogP contribution is -2.28. The molecule has 24 heavy (non-hydrogen) atoms. The predicted octanol–water partition coefficient (Wildman–Crippen LogP) is 2.65. The van der Waals surface area contributed by atoms with Crippen LogP contribution in [0.5, 0.6) is 11.5 Å². The van der Waals surface area contributed by atoms with Gasteiger partial charge in [-0.25, -0.2) is 4.79 Å². The molecule has 0 aliphatic carbocycles. The lowest BCUT2D eigenvalue weighted by Gasteiger charge is -2.07. The Morgan fingerprint density at radius 3 is 2.62 bits per heavy atom. The number of hydrogen-bond acceptors (Lipinski definition) is 5. The Labute approximate surface area is 146 Å². The van der Waals surface area contributed by atoms with Gasteiger partial charge in [0, 0.05) is 11.0 Å². The number of hydrogen-bond donors (Lipinski definition) is 1. The first-order chi connectivity index (χ1) is 11.6. The average molecular weight is 392 g/mol. The molecule has 0 aromatic heterocycles. The fourth-order valence-corrected chi connectivity index (χ4v) is 2.37. The molecule has 0 bridgehead atoms. The SMILES string of the molecule is O=C(COC(=O)c1ccc(Br)cc1)NCc1ccc2c(c1)OCO2. The smallest absolute Gasteiger partial charge is 0.338 e. The van der Waals surface area contributed by atoms with Gasteiger partial charge < -0.3 is 19.5 Å². The van der Waals surface area contributed by atoms with Crippen LogP contribution < -0.4 is 14.8 Å². The van der Waals surface area contributed by atoms with E-state index in [0.717, 1.165) is 10.0 Å². The number of benzene rings is 2. The molecule has 0 unspecified atom stereocenters. The van der Waals surface area contributed by atoms with Crippen molar-refractivity contribution in [2.75, 3.05) is 13.4 Å². The van der Waals surface area contributed by atoms with E-state index in [0.29, 0.717) is 23.6 Å². The summed E-state index contributed by atoms with van der Waals surface area (Å²) in [5, 5.41) is 2.69. The Morgan fingerprint density at radius 2 is 1.83 bits per heavy atom.